The van der Waals surface area contributed by atoms with Gasteiger partial charge in [0, 0.05) is 54.9 Å². The second kappa shape index (κ2) is 11.7. The number of anilines is 3. The van der Waals surface area contributed by atoms with Gasteiger partial charge < -0.3 is 15.1 Å². The molecule has 1 aliphatic heterocycles. The molecule has 10 heteroatoms. The van der Waals surface area contributed by atoms with E-state index in [4.69, 9.17) is 4.98 Å². The molecular formula is C34H28N8OS. The lowest BCUT2D eigenvalue weighted by atomic mass is 9.97. The monoisotopic (exact) mass is 596 g/mol. The van der Waals surface area contributed by atoms with Gasteiger partial charge in [0.25, 0.3) is 0 Å². The summed E-state index contributed by atoms with van der Waals surface area (Å²) in [5, 5.41) is 27.9. The van der Waals surface area contributed by atoms with Crippen LogP contribution < -0.4 is 15.1 Å². The Balaban J connectivity index is 1.27. The fourth-order valence-electron chi connectivity index (χ4n) is 5.72. The molecule has 0 radical (unpaired) electrons. The molecule has 0 aliphatic carbocycles. The van der Waals surface area contributed by atoms with E-state index in [1.807, 2.05) is 84.9 Å². The second-order valence-corrected chi connectivity index (χ2v) is 11.7. The van der Waals surface area contributed by atoms with Crippen molar-refractivity contribution in [3.8, 4) is 17.2 Å². The average molecular weight is 597 g/mol. The van der Waals surface area contributed by atoms with Gasteiger partial charge in [-0.05, 0) is 47.5 Å². The van der Waals surface area contributed by atoms with E-state index >= 15 is 0 Å². The van der Waals surface area contributed by atoms with E-state index in [2.05, 4.69) is 36.6 Å². The van der Waals surface area contributed by atoms with Crippen LogP contribution in [0.3, 0.4) is 0 Å². The third kappa shape index (κ3) is 5.08. The lowest BCUT2D eigenvalue weighted by molar-refractivity contribution is 0.101. The van der Waals surface area contributed by atoms with Crippen molar-refractivity contribution in [2.24, 2.45) is 0 Å². The van der Waals surface area contributed by atoms with Crippen LogP contribution in [0.15, 0.2) is 84.9 Å². The minimum atomic E-state index is 0.0656. The van der Waals surface area contributed by atoms with Crippen LogP contribution >= 0.6 is 11.3 Å². The second-order valence-electron chi connectivity index (χ2n) is 10.7. The molecule has 0 unspecified atom stereocenters. The zero-order chi connectivity index (χ0) is 30.0. The minimum Gasteiger partial charge on any atom is -0.368 e. The van der Waals surface area contributed by atoms with Crippen LogP contribution in [-0.4, -0.2) is 52.4 Å². The predicted octanol–water partition coefficient (Wildman–Crippen LogP) is 6.31. The first-order chi connectivity index (χ1) is 21.6. The van der Waals surface area contributed by atoms with Crippen molar-refractivity contribution >= 4 is 54.9 Å². The molecule has 0 bridgehead atoms. The topological polar surface area (TPSA) is 111 Å². The van der Waals surface area contributed by atoms with E-state index in [0.717, 1.165) is 69.3 Å². The molecular weight excluding hydrogens is 568 g/mol. The fourth-order valence-corrected chi connectivity index (χ4v) is 6.85. The number of thiophene rings is 1. The van der Waals surface area contributed by atoms with Gasteiger partial charge in [-0.2, -0.15) is 5.26 Å². The van der Waals surface area contributed by atoms with Crippen LogP contribution in [0.5, 0.6) is 0 Å². The van der Waals surface area contributed by atoms with Gasteiger partial charge >= 0.3 is 0 Å². The largest absolute Gasteiger partial charge is 0.368 e. The average Bonchev–Trinajstić information content (AvgIpc) is 3.46. The molecule has 0 amide bonds. The van der Waals surface area contributed by atoms with Gasteiger partial charge in [0.15, 0.2) is 11.6 Å². The van der Waals surface area contributed by atoms with Crippen LogP contribution in [0, 0.1) is 11.3 Å². The van der Waals surface area contributed by atoms with Gasteiger partial charge in [0.2, 0.25) is 0 Å². The highest BCUT2D eigenvalue weighted by Crippen LogP contribution is 2.44. The maximum Gasteiger partial charge on any atom is 0.172 e. The van der Waals surface area contributed by atoms with Crippen molar-refractivity contribution in [3.05, 3.63) is 102 Å². The number of carbonyl (C=O) groups excluding carboxylic acids is 1. The summed E-state index contributed by atoms with van der Waals surface area (Å²) in [5.74, 6) is 1.39. The zero-order valence-corrected chi connectivity index (χ0v) is 24.9. The van der Waals surface area contributed by atoms with Crippen molar-refractivity contribution < 1.29 is 4.79 Å². The number of aromatic nitrogens is 4. The summed E-state index contributed by atoms with van der Waals surface area (Å²) in [6.45, 7) is 5.23. The number of fused-ring (bicyclic) bond motifs is 3. The Morgan fingerprint density at radius 1 is 0.909 bits per heavy atom. The summed E-state index contributed by atoms with van der Waals surface area (Å²) in [4.78, 5) is 22.0. The number of nitrogens with zero attached hydrogens (tertiary/aromatic N) is 7. The summed E-state index contributed by atoms with van der Waals surface area (Å²) in [6.07, 6.45) is 0. The number of nitriles is 1. The molecule has 1 fully saturated rings. The molecule has 44 heavy (non-hydrogen) atoms. The third-order valence-electron chi connectivity index (χ3n) is 8.00. The van der Waals surface area contributed by atoms with Crippen molar-refractivity contribution in [1.29, 1.82) is 5.26 Å². The lowest BCUT2D eigenvalue weighted by Crippen LogP contribution is -2.47. The summed E-state index contributed by atoms with van der Waals surface area (Å²) >= 11 is 1.53. The van der Waals surface area contributed by atoms with Gasteiger partial charge in [0.05, 0.1) is 0 Å². The molecule has 6 aromatic rings. The number of benzene rings is 3. The van der Waals surface area contributed by atoms with E-state index < -0.39 is 0 Å². The fraction of sp³-hybridized carbons (Fsp3) is 0.176. The van der Waals surface area contributed by atoms with Crippen LogP contribution in [0.25, 0.3) is 31.6 Å². The summed E-state index contributed by atoms with van der Waals surface area (Å²) in [5.41, 5.74) is 5.81. The van der Waals surface area contributed by atoms with Crippen molar-refractivity contribution in [3.63, 3.8) is 0 Å². The number of Topliss-reactive ketones (excluding diaryl/α,β-unsaturated/α-hetero) is 1. The van der Waals surface area contributed by atoms with Crippen LogP contribution in [0.2, 0.25) is 0 Å². The molecule has 7 rings (SSSR count). The van der Waals surface area contributed by atoms with Crippen molar-refractivity contribution in [1.82, 2.24) is 20.4 Å². The third-order valence-corrected chi connectivity index (χ3v) is 9.07. The quantitative estimate of drug-likeness (QED) is 0.212. The van der Waals surface area contributed by atoms with Gasteiger partial charge in [-0.15, -0.1) is 21.5 Å². The molecule has 0 saturated carbocycles. The Morgan fingerprint density at radius 3 is 2.27 bits per heavy atom. The van der Waals surface area contributed by atoms with E-state index in [1.165, 1.54) is 11.3 Å². The number of hydrogen-bond acceptors (Lipinski definition) is 10. The van der Waals surface area contributed by atoms with E-state index in [0.29, 0.717) is 29.0 Å². The molecule has 3 aromatic heterocycles. The number of carbonyl (C=O) groups is 1. The van der Waals surface area contributed by atoms with Crippen molar-refractivity contribution in [2.75, 3.05) is 41.3 Å². The summed E-state index contributed by atoms with van der Waals surface area (Å²) in [6, 6.07) is 30.2. The maximum atomic E-state index is 11.7. The number of ketones is 1. The first-order valence-electron chi connectivity index (χ1n) is 14.4. The van der Waals surface area contributed by atoms with Gasteiger partial charge in [-0.3, -0.25) is 4.79 Å². The molecule has 3 aromatic carbocycles. The number of nitrogens with one attached hydrogen (secondary N) is 1. The normalized spacial score (nSPS) is 13.3. The maximum absolute atomic E-state index is 11.7. The predicted molar refractivity (Wildman–Crippen MR) is 175 cm³/mol. The van der Waals surface area contributed by atoms with E-state index in [9.17, 15) is 10.1 Å². The summed E-state index contributed by atoms with van der Waals surface area (Å²) in [7, 11) is 0. The van der Waals surface area contributed by atoms with Crippen molar-refractivity contribution in [2.45, 2.75) is 13.5 Å². The Kier molecular flexibility index (Phi) is 7.30. The highest BCUT2D eigenvalue weighted by molar-refractivity contribution is 7.26. The Bertz CT molecular complexity index is 2010. The molecule has 1 N–H and O–H groups in total. The van der Waals surface area contributed by atoms with Gasteiger partial charge in [-0.1, -0.05) is 60.7 Å². The highest BCUT2D eigenvalue weighted by atomic mass is 32.1. The number of rotatable bonds is 7. The number of hydrogen-bond donors (Lipinski definition) is 1. The highest BCUT2D eigenvalue weighted by Gasteiger charge is 2.26. The first kappa shape index (κ1) is 27.4. The zero-order valence-electron chi connectivity index (χ0n) is 24.1. The molecule has 0 spiro atoms. The molecule has 0 atom stereocenters. The Labute approximate surface area is 258 Å². The molecule has 4 heterocycles. The lowest BCUT2D eigenvalue weighted by Gasteiger charge is -2.36. The van der Waals surface area contributed by atoms with Crippen LogP contribution in [-0.2, 0) is 6.54 Å². The Morgan fingerprint density at radius 2 is 1.59 bits per heavy atom. The first-order valence-corrected chi connectivity index (χ1v) is 15.3. The number of pyridine rings is 1. The smallest absolute Gasteiger partial charge is 0.172 e. The van der Waals surface area contributed by atoms with E-state index in [-0.39, 0.29) is 5.78 Å². The standard InChI is InChI=1S/C34H28N8OS/c1-22(43)24-12-14-26(15-13-24)41-16-18-42(19-17-41)33-31-30(38-40-39-33)29-28(25-10-6-3-7-11-25)27(20-35)32(37-34(29)44-31)36-21-23-8-4-2-5-9-23/h2-15H,16-19,21H2,1H3,(H,36,37). The molecule has 1 aliphatic rings. The molecule has 1 saturated heterocycles. The SMILES string of the molecule is CC(=O)c1ccc(N2CCN(c3nnnc4c3sc3nc(NCc5ccccc5)c(C#N)c(-c5ccccc5)c34)CC2)cc1. The van der Waals surface area contributed by atoms with Gasteiger partial charge in [-0.25, -0.2) is 4.98 Å². The molecule has 216 valence electrons. The van der Waals surface area contributed by atoms with E-state index in [1.54, 1.807) is 6.92 Å². The van der Waals surface area contributed by atoms with Crippen LogP contribution in [0.4, 0.5) is 17.3 Å². The number of piperazine rings is 1. The van der Waals surface area contributed by atoms with Gasteiger partial charge in [0.1, 0.15) is 32.5 Å². The Hall–Kier alpha value is -5.40. The van der Waals surface area contributed by atoms with Crippen LogP contribution in [0.1, 0.15) is 28.4 Å². The summed E-state index contributed by atoms with van der Waals surface area (Å²) < 4.78 is 0.906. The minimum absolute atomic E-state index is 0.0656. The molecule has 9 nitrogen and oxygen atoms in total.